The van der Waals surface area contributed by atoms with Gasteiger partial charge in [-0.15, -0.1) is 0 Å². The van der Waals surface area contributed by atoms with Crippen LogP contribution in [0.4, 0.5) is 0 Å². The van der Waals surface area contributed by atoms with Crippen molar-refractivity contribution in [1.82, 2.24) is 0 Å². The van der Waals surface area contributed by atoms with Crippen molar-refractivity contribution in [3.8, 4) is 5.75 Å². The molecule has 3 heteroatoms. The zero-order valence-corrected chi connectivity index (χ0v) is 8.61. The van der Waals surface area contributed by atoms with Crippen LogP contribution in [0.3, 0.4) is 0 Å². The minimum atomic E-state index is -0.0394. The largest absolute Gasteiger partial charge is 0.496 e. The average Bonchev–Trinajstić information content (AvgIpc) is 2.02. The Morgan fingerprint density at radius 1 is 1.46 bits per heavy atom. The number of Topliss-reactive ketones (excluding diaryl/α,β-unsaturated/α-hetero) is 1. The number of methoxy groups -OCH3 is 1. The number of rotatable bonds is 2. The number of carbonyl (C=O) groups is 1. The summed E-state index contributed by atoms with van der Waals surface area (Å²) in [7, 11) is 1.54. The molecule has 0 fully saturated rings. The first-order chi connectivity index (χ1) is 6.06. The van der Waals surface area contributed by atoms with Crippen LogP contribution < -0.4 is 4.74 Å². The van der Waals surface area contributed by atoms with Crippen molar-refractivity contribution >= 4 is 17.4 Å². The molecule has 0 aliphatic heterocycles. The van der Waals surface area contributed by atoms with Gasteiger partial charge >= 0.3 is 0 Å². The highest BCUT2D eigenvalue weighted by molar-refractivity contribution is 6.31. The third-order valence-electron chi connectivity index (χ3n) is 1.82. The van der Waals surface area contributed by atoms with E-state index in [-0.39, 0.29) is 5.78 Å². The SMILES string of the molecule is COc1c(C)cc(Cl)cc1C(C)=O. The van der Waals surface area contributed by atoms with E-state index in [1.807, 2.05) is 6.92 Å². The standard InChI is InChI=1S/C10H11ClO2/c1-6-4-8(11)5-9(7(2)12)10(6)13-3/h4-5H,1-3H3. The molecule has 0 N–H and O–H groups in total. The minimum Gasteiger partial charge on any atom is -0.496 e. The van der Waals surface area contributed by atoms with Crippen LogP contribution >= 0.6 is 11.6 Å². The van der Waals surface area contributed by atoms with E-state index in [1.165, 1.54) is 6.92 Å². The fourth-order valence-electron chi connectivity index (χ4n) is 1.26. The number of hydrogen-bond donors (Lipinski definition) is 0. The van der Waals surface area contributed by atoms with Crippen molar-refractivity contribution in [2.24, 2.45) is 0 Å². The Balaban J connectivity index is 3.38. The predicted molar refractivity (Wildman–Crippen MR) is 52.7 cm³/mol. The van der Waals surface area contributed by atoms with Crippen LogP contribution in [0.25, 0.3) is 0 Å². The van der Waals surface area contributed by atoms with Crippen LogP contribution in [0.2, 0.25) is 5.02 Å². The first-order valence-electron chi connectivity index (χ1n) is 3.91. The molecule has 2 nitrogen and oxygen atoms in total. The van der Waals surface area contributed by atoms with Gasteiger partial charge in [0.1, 0.15) is 5.75 Å². The van der Waals surface area contributed by atoms with Crippen molar-refractivity contribution in [2.75, 3.05) is 7.11 Å². The van der Waals surface area contributed by atoms with Gasteiger partial charge in [-0.05, 0) is 31.5 Å². The lowest BCUT2D eigenvalue weighted by Gasteiger charge is -2.09. The summed E-state index contributed by atoms with van der Waals surface area (Å²) in [5.41, 5.74) is 1.41. The molecule has 70 valence electrons. The highest BCUT2D eigenvalue weighted by Crippen LogP contribution is 2.27. The molecule has 1 aromatic carbocycles. The number of halogens is 1. The average molecular weight is 199 g/mol. The number of ketones is 1. The van der Waals surface area contributed by atoms with E-state index in [9.17, 15) is 4.79 Å². The summed E-state index contributed by atoms with van der Waals surface area (Å²) in [6, 6.07) is 3.39. The zero-order valence-electron chi connectivity index (χ0n) is 7.85. The lowest BCUT2D eigenvalue weighted by Crippen LogP contribution is -1.99. The van der Waals surface area contributed by atoms with Gasteiger partial charge in [0.2, 0.25) is 0 Å². The summed E-state index contributed by atoms with van der Waals surface area (Å²) < 4.78 is 5.11. The molecule has 0 saturated heterocycles. The molecular formula is C10H11ClO2. The molecule has 0 spiro atoms. The Hall–Kier alpha value is -1.02. The van der Waals surface area contributed by atoms with Gasteiger partial charge in [-0.25, -0.2) is 0 Å². The van der Waals surface area contributed by atoms with Gasteiger partial charge in [0.05, 0.1) is 12.7 Å². The third kappa shape index (κ3) is 2.01. The Labute approximate surface area is 82.5 Å². The van der Waals surface area contributed by atoms with Gasteiger partial charge in [-0.1, -0.05) is 11.6 Å². The molecule has 13 heavy (non-hydrogen) atoms. The maximum absolute atomic E-state index is 11.2. The molecule has 0 aliphatic rings. The predicted octanol–water partition coefficient (Wildman–Crippen LogP) is 2.86. The van der Waals surface area contributed by atoms with Crippen molar-refractivity contribution in [3.63, 3.8) is 0 Å². The summed E-state index contributed by atoms with van der Waals surface area (Å²) in [6.45, 7) is 3.35. The highest BCUT2D eigenvalue weighted by atomic mass is 35.5. The summed E-state index contributed by atoms with van der Waals surface area (Å²) in [4.78, 5) is 11.2. The van der Waals surface area contributed by atoms with E-state index in [0.29, 0.717) is 16.3 Å². The first-order valence-corrected chi connectivity index (χ1v) is 4.29. The fourth-order valence-corrected chi connectivity index (χ4v) is 1.54. The maximum Gasteiger partial charge on any atom is 0.163 e. The Morgan fingerprint density at radius 3 is 2.54 bits per heavy atom. The molecule has 0 radical (unpaired) electrons. The van der Waals surface area contributed by atoms with Crippen LogP contribution in [-0.2, 0) is 0 Å². The third-order valence-corrected chi connectivity index (χ3v) is 2.04. The number of hydrogen-bond acceptors (Lipinski definition) is 2. The minimum absolute atomic E-state index is 0.0394. The van der Waals surface area contributed by atoms with Crippen LogP contribution in [0.15, 0.2) is 12.1 Å². The van der Waals surface area contributed by atoms with E-state index >= 15 is 0 Å². The summed E-state index contributed by atoms with van der Waals surface area (Å²) in [5.74, 6) is 0.569. The van der Waals surface area contributed by atoms with Gasteiger partial charge in [0, 0.05) is 5.02 Å². The zero-order chi connectivity index (χ0) is 10.0. The fraction of sp³-hybridized carbons (Fsp3) is 0.300. The number of benzene rings is 1. The van der Waals surface area contributed by atoms with Gasteiger partial charge in [-0.3, -0.25) is 4.79 Å². The second-order valence-corrected chi connectivity index (χ2v) is 3.30. The molecule has 0 heterocycles. The maximum atomic E-state index is 11.2. The van der Waals surface area contributed by atoms with Gasteiger partial charge in [-0.2, -0.15) is 0 Å². The van der Waals surface area contributed by atoms with Crippen LogP contribution in [-0.4, -0.2) is 12.9 Å². The smallest absolute Gasteiger partial charge is 0.163 e. The Morgan fingerprint density at radius 2 is 2.08 bits per heavy atom. The lowest BCUT2D eigenvalue weighted by molar-refractivity contribution is 0.101. The van der Waals surface area contributed by atoms with Crippen molar-refractivity contribution in [2.45, 2.75) is 13.8 Å². The number of ether oxygens (including phenoxy) is 1. The van der Waals surface area contributed by atoms with Crippen LogP contribution in [0.1, 0.15) is 22.8 Å². The molecule has 0 amide bonds. The number of carbonyl (C=O) groups excluding carboxylic acids is 1. The van der Waals surface area contributed by atoms with Gasteiger partial charge in [0.15, 0.2) is 5.78 Å². The second kappa shape index (κ2) is 3.79. The normalized spacial score (nSPS) is 9.85. The van der Waals surface area contributed by atoms with E-state index in [4.69, 9.17) is 16.3 Å². The van der Waals surface area contributed by atoms with E-state index < -0.39 is 0 Å². The molecular weight excluding hydrogens is 188 g/mol. The van der Waals surface area contributed by atoms with Crippen LogP contribution in [0, 0.1) is 6.92 Å². The topological polar surface area (TPSA) is 26.3 Å². The quantitative estimate of drug-likeness (QED) is 0.684. The van der Waals surface area contributed by atoms with Crippen molar-refractivity contribution in [3.05, 3.63) is 28.3 Å². The Kier molecular flexibility index (Phi) is 2.94. The number of aryl methyl sites for hydroxylation is 1. The monoisotopic (exact) mass is 198 g/mol. The molecule has 0 saturated carbocycles. The molecule has 0 aliphatic carbocycles. The highest BCUT2D eigenvalue weighted by Gasteiger charge is 2.11. The molecule has 0 aromatic heterocycles. The lowest BCUT2D eigenvalue weighted by atomic mass is 10.1. The van der Waals surface area contributed by atoms with Gasteiger partial charge in [0.25, 0.3) is 0 Å². The second-order valence-electron chi connectivity index (χ2n) is 2.86. The van der Waals surface area contributed by atoms with Crippen molar-refractivity contribution < 1.29 is 9.53 Å². The first kappa shape index (κ1) is 10.1. The van der Waals surface area contributed by atoms with Crippen LogP contribution in [0.5, 0.6) is 5.75 Å². The summed E-state index contributed by atoms with van der Waals surface area (Å²) >= 11 is 5.82. The molecule has 1 rings (SSSR count). The van der Waals surface area contributed by atoms with E-state index in [1.54, 1.807) is 19.2 Å². The van der Waals surface area contributed by atoms with Gasteiger partial charge < -0.3 is 4.74 Å². The van der Waals surface area contributed by atoms with E-state index in [2.05, 4.69) is 0 Å². The van der Waals surface area contributed by atoms with Crippen molar-refractivity contribution in [1.29, 1.82) is 0 Å². The summed E-state index contributed by atoms with van der Waals surface area (Å²) in [5, 5.41) is 0.559. The molecule has 1 aromatic rings. The summed E-state index contributed by atoms with van der Waals surface area (Å²) in [6.07, 6.45) is 0. The van der Waals surface area contributed by atoms with E-state index in [0.717, 1.165) is 5.56 Å². The molecule has 0 unspecified atom stereocenters. The molecule has 0 bridgehead atoms. The molecule has 0 atom stereocenters. The Bertz CT molecular complexity index is 345.